The summed E-state index contributed by atoms with van der Waals surface area (Å²) in [6.45, 7) is 3.65. The van der Waals surface area contributed by atoms with E-state index in [1.54, 1.807) is 38.1 Å². The van der Waals surface area contributed by atoms with Crippen molar-refractivity contribution in [3.05, 3.63) is 65.5 Å². The maximum atomic E-state index is 13.1. The average Bonchev–Trinajstić information content (AvgIpc) is 3.04. The minimum absolute atomic E-state index is 0.0287. The van der Waals surface area contributed by atoms with E-state index < -0.39 is 29.7 Å². The molecule has 5 amide bonds. The number of carbonyl (C=O) groups excluding carboxylic acids is 4. The molecule has 0 radical (unpaired) electrons. The van der Waals surface area contributed by atoms with E-state index in [9.17, 15) is 23.6 Å². The van der Waals surface area contributed by atoms with E-state index in [4.69, 9.17) is 0 Å². The molecule has 0 saturated carbocycles. The first-order valence-corrected chi connectivity index (χ1v) is 9.79. The van der Waals surface area contributed by atoms with Crippen LogP contribution in [0, 0.1) is 11.7 Å². The number of amides is 5. The highest BCUT2D eigenvalue weighted by Crippen LogP contribution is 2.16. The quantitative estimate of drug-likeness (QED) is 0.591. The zero-order chi connectivity index (χ0) is 22.5. The first kappa shape index (κ1) is 21.9. The molecule has 9 heteroatoms. The van der Waals surface area contributed by atoms with Gasteiger partial charge in [-0.2, -0.15) is 0 Å². The van der Waals surface area contributed by atoms with Gasteiger partial charge in [-0.1, -0.05) is 26.0 Å². The topological polar surface area (TPSA) is 108 Å². The molecule has 162 valence electrons. The van der Waals surface area contributed by atoms with E-state index in [1.165, 1.54) is 24.3 Å². The molecule has 2 aromatic carbocycles. The molecule has 1 unspecified atom stereocenters. The normalized spacial score (nSPS) is 14.4. The predicted molar refractivity (Wildman–Crippen MR) is 112 cm³/mol. The second-order valence-electron chi connectivity index (χ2n) is 7.53. The van der Waals surface area contributed by atoms with Crippen LogP contribution in [0.25, 0.3) is 0 Å². The minimum Gasteiger partial charge on any atom is -0.340 e. The summed E-state index contributed by atoms with van der Waals surface area (Å²) in [5.41, 5.74) is 1.38. The van der Waals surface area contributed by atoms with Gasteiger partial charge in [0.1, 0.15) is 11.9 Å². The van der Waals surface area contributed by atoms with Crippen molar-refractivity contribution in [2.24, 2.45) is 5.92 Å². The van der Waals surface area contributed by atoms with Crippen LogP contribution in [0.4, 0.5) is 14.9 Å². The first-order chi connectivity index (χ1) is 14.7. The molecular formula is C22H23FN4O4. The number of benzene rings is 2. The van der Waals surface area contributed by atoms with Crippen LogP contribution in [-0.2, 0) is 16.1 Å². The first-order valence-electron chi connectivity index (χ1n) is 9.79. The fourth-order valence-electron chi connectivity index (χ4n) is 3.13. The molecule has 1 atom stereocenters. The molecule has 8 nitrogen and oxygen atoms in total. The van der Waals surface area contributed by atoms with Crippen molar-refractivity contribution in [1.82, 2.24) is 15.5 Å². The van der Waals surface area contributed by atoms with Crippen LogP contribution in [0.3, 0.4) is 0 Å². The van der Waals surface area contributed by atoms with Crippen LogP contribution in [0.2, 0.25) is 0 Å². The van der Waals surface area contributed by atoms with Gasteiger partial charge in [0.25, 0.3) is 5.91 Å². The smallest absolute Gasteiger partial charge is 0.324 e. The Hall–Kier alpha value is -3.75. The number of anilines is 1. The summed E-state index contributed by atoms with van der Waals surface area (Å²) in [4.78, 5) is 49.9. The molecule has 0 bridgehead atoms. The van der Waals surface area contributed by atoms with E-state index in [-0.39, 0.29) is 30.5 Å². The highest BCUT2D eigenvalue weighted by atomic mass is 19.1. The summed E-state index contributed by atoms with van der Waals surface area (Å²) in [6.07, 6.45) is 0. The Balaban J connectivity index is 1.68. The van der Waals surface area contributed by atoms with Crippen LogP contribution in [0.5, 0.6) is 0 Å². The summed E-state index contributed by atoms with van der Waals surface area (Å²) in [6, 6.07) is 10.5. The predicted octanol–water partition coefficient (Wildman–Crippen LogP) is 2.27. The molecular weight excluding hydrogens is 403 g/mol. The van der Waals surface area contributed by atoms with Crippen molar-refractivity contribution in [1.29, 1.82) is 0 Å². The fraction of sp³-hybridized carbons (Fsp3) is 0.273. The summed E-state index contributed by atoms with van der Waals surface area (Å²) in [5.74, 6) is -1.89. The van der Waals surface area contributed by atoms with Gasteiger partial charge >= 0.3 is 6.03 Å². The van der Waals surface area contributed by atoms with Crippen molar-refractivity contribution in [2.75, 3.05) is 11.9 Å². The summed E-state index contributed by atoms with van der Waals surface area (Å²) < 4.78 is 13.1. The number of nitrogens with one attached hydrogen (secondary N) is 3. The van der Waals surface area contributed by atoms with E-state index in [2.05, 4.69) is 16.0 Å². The van der Waals surface area contributed by atoms with Gasteiger partial charge < -0.3 is 16.0 Å². The molecule has 2 aromatic rings. The zero-order valence-electron chi connectivity index (χ0n) is 17.1. The Morgan fingerprint density at radius 3 is 2.45 bits per heavy atom. The van der Waals surface area contributed by atoms with Crippen LogP contribution >= 0.6 is 0 Å². The lowest BCUT2D eigenvalue weighted by molar-refractivity contribution is -0.125. The van der Waals surface area contributed by atoms with Crippen molar-refractivity contribution < 1.29 is 23.6 Å². The monoisotopic (exact) mass is 426 g/mol. The number of carbonyl (C=O) groups is 4. The van der Waals surface area contributed by atoms with Crippen LogP contribution in [-0.4, -0.2) is 41.2 Å². The molecule has 1 aliphatic heterocycles. The highest BCUT2D eigenvalue weighted by molar-refractivity contribution is 6.02. The second kappa shape index (κ2) is 9.38. The highest BCUT2D eigenvalue weighted by Gasteiger charge is 2.28. The number of imide groups is 1. The lowest BCUT2D eigenvalue weighted by atomic mass is 10.0. The van der Waals surface area contributed by atoms with Gasteiger partial charge in [-0.15, -0.1) is 0 Å². The summed E-state index contributed by atoms with van der Waals surface area (Å²) in [7, 11) is 0. The SMILES string of the molecule is CC(C)C(NC(=O)c1ccc(F)cc1)C(=O)Nc1cccc(CN2C(=O)CNC2=O)c1. The van der Waals surface area contributed by atoms with E-state index in [0.29, 0.717) is 11.3 Å². The van der Waals surface area contributed by atoms with Crippen molar-refractivity contribution in [2.45, 2.75) is 26.4 Å². The van der Waals surface area contributed by atoms with E-state index in [1.807, 2.05) is 0 Å². The molecule has 0 aliphatic carbocycles. The van der Waals surface area contributed by atoms with Crippen molar-refractivity contribution in [3.63, 3.8) is 0 Å². The van der Waals surface area contributed by atoms with Gasteiger partial charge in [0.2, 0.25) is 11.8 Å². The molecule has 1 fully saturated rings. The minimum atomic E-state index is -0.827. The lowest BCUT2D eigenvalue weighted by Crippen LogP contribution is -2.47. The second-order valence-corrected chi connectivity index (χ2v) is 7.53. The number of hydrogen-bond donors (Lipinski definition) is 3. The molecule has 1 aliphatic rings. The average molecular weight is 426 g/mol. The third-order valence-corrected chi connectivity index (χ3v) is 4.81. The number of rotatable bonds is 7. The zero-order valence-corrected chi connectivity index (χ0v) is 17.1. The Morgan fingerprint density at radius 2 is 1.84 bits per heavy atom. The van der Waals surface area contributed by atoms with E-state index in [0.717, 1.165) is 4.90 Å². The van der Waals surface area contributed by atoms with Gasteiger partial charge in [-0.05, 0) is 47.9 Å². The number of urea groups is 1. The Morgan fingerprint density at radius 1 is 1.13 bits per heavy atom. The Labute approximate surface area is 178 Å². The molecule has 3 N–H and O–H groups in total. The number of halogens is 1. The standard InChI is InChI=1S/C22H23FN4O4/c1-13(2)19(26-20(29)15-6-8-16(23)9-7-15)21(30)25-17-5-3-4-14(10-17)12-27-18(28)11-24-22(27)31/h3-10,13,19H,11-12H2,1-2H3,(H,24,31)(H,25,30)(H,26,29). The summed E-state index contributed by atoms with van der Waals surface area (Å²) >= 11 is 0. The maximum Gasteiger partial charge on any atom is 0.324 e. The van der Waals surface area contributed by atoms with Gasteiger partial charge in [0.05, 0.1) is 13.1 Å². The number of nitrogens with zero attached hydrogens (tertiary/aromatic N) is 1. The fourth-order valence-corrected chi connectivity index (χ4v) is 3.13. The molecule has 0 aromatic heterocycles. The van der Waals surface area contributed by atoms with Crippen LogP contribution < -0.4 is 16.0 Å². The molecule has 1 heterocycles. The van der Waals surface area contributed by atoms with Gasteiger partial charge in [-0.3, -0.25) is 19.3 Å². The molecule has 1 saturated heterocycles. The maximum absolute atomic E-state index is 13.1. The van der Waals surface area contributed by atoms with Crippen molar-refractivity contribution >= 4 is 29.4 Å². The number of hydrogen-bond acceptors (Lipinski definition) is 4. The Kier molecular flexibility index (Phi) is 6.64. The molecule has 31 heavy (non-hydrogen) atoms. The summed E-state index contributed by atoms with van der Waals surface area (Å²) in [5, 5.41) is 7.89. The van der Waals surface area contributed by atoms with E-state index >= 15 is 0 Å². The van der Waals surface area contributed by atoms with Crippen LogP contribution in [0.15, 0.2) is 48.5 Å². The van der Waals surface area contributed by atoms with Crippen molar-refractivity contribution in [3.8, 4) is 0 Å². The van der Waals surface area contributed by atoms with Gasteiger partial charge in [0.15, 0.2) is 0 Å². The third kappa shape index (κ3) is 5.44. The lowest BCUT2D eigenvalue weighted by Gasteiger charge is -2.22. The molecule has 0 spiro atoms. The Bertz CT molecular complexity index is 991. The van der Waals surface area contributed by atoms with Crippen LogP contribution in [0.1, 0.15) is 29.8 Å². The third-order valence-electron chi connectivity index (χ3n) is 4.81. The van der Waals surface area contributed by atoms with Gasteiger partial charge in [0, 0.05) is 11.3 Å². The molecule has 3 rings (SSSR count). The largest absolute Gasteiger partial charge is 0.340 e. The van der Waals surface area contributed by atoms with Gasteiger partial charge in [-0.25, -0.2) is 9.18 Å².